The zero-order valence-electron chi connectivity index (χ0n) is 8.44. The lowest BCUT2D eigenvalue weighted by molar-refractivity contribution is -0.109. The Morgan fingerprint density at radius 3 is 2.73 bits per heavy atom. The van der Waals surface area contributed by atoms with Crippen LogP contribution in [0.1, 0.15) is 5.56 Å². The van der Waals surface area contributed by atoms with Crippen LogP contribution in [0.25, 0.3) is 10.8 Å². The van der Waals surface area contributed by atoms with E-state index in [4.69, 9.17) is 0 Å². The topological polar surface area (TPSA) is 29.1 Å². The van der Waals surface area contributed by atoms with Gasteiger partial charge in [-0.2, -0.15) is 0 Å². The van der Waals surface area contributed by atoms with Gasteiger partial charge in [-0.05, 0) is 22.8 Å². The summed E-state index contributed by atoms with van der Waals surface area (Å²) in [6.45, 7) is 0.692. The Kier molecular flexibility index (Phi) is 2.98. The highest BCUT2D eigenvalue weighted by Gasteiger charge is 1.98. The third kappa shape index (κ3) is 2.15. The van der Waals surface area contributed by atoms with Gasteiger partial charge in [0.1, 0.15) is 0 Å². The van der Waals surface area contributed by atoms with Crippen LogP contribution in [0.3, 0.4) is 0 Å². The van der Waals surface area contributed by atoms with Crippen molar-refractivity contribution in [3.8, 4) is 0 Å². The average molecular weight is 199 g/mol. The maximum absolute atomic E-state index is 10.1. The van der Waals surface area contributed by atoms with Gasteiger partial charge in [-0.25, -0.2) is 0 Å². The van der Waals surface area contributed by atoms with Gasteiger partial charge in [0.05, 0.1) is 0 Å². The second-order valence-corrected chi connectivity index (χ2v) is 3.46. The molecular weight excluding hydrogens is 186 g/mol. The molecule has 0 bridgehead atoms. The number of fused-ring (bicyclic) bond motifs is 1. The van der Waals surface area contributed by atoms with Gasteiger partial charge in [0, 0.05) is 6.54 Å². The molecule has 0 saturated heterocycles. The maximum Gasteiger partial charge on any atom is 0.207 e. The Labute approximate surface area is 88.9 Å². The van der Waals surface area contributed by atoms with Crippen LogP contribution < -0.4 is 5.32 Å². The predicted octanol–water partition coefficient (Wildman–Crippen LogP) is 2.13. The summed E-state index contributed by atoms with van der Waals surface area (Å²) in [6, 6.07) is 14.6. The highest BCUT2D eigenvalue weighted by Crippen LogP contribution is 2.18. The molecule has 15 heavy (non-hydrogen) atoms. The molecule has 0 aliphatic heterocycles. The first kappa shape index (κ1) is 9.71. The van der Waals surface area contributed by atoms with Gasteiger partial charge in [0.15, 0.2) is 0 Å². The molecular formula is C13H13NO. The van der Waals surface area contributed by atoms with Crippen LogP contribution >= 0.6 is 0 Å². The van der Waals surface area contributed by atoms with Crippen molar-refractivity contribution in [3.05, 3.63) is 48.0 Å². The number of rotatable bonds is 4. The first-order valence-corrected chi connectivity index (χ1v) is 5.05. The van der Waals surface area contributed by atoms with Crippen LogP contribution in [0.15, 0.2) is 42.5 Å². The van der Waals surface area contributed by atoms with E-state index in [9.17, 15) is 4.79 Å². The standard InChI is InChI=1S/C13H13NO/c15-10-14-9-8-12-6-3-5-11-4-1-2-7-13(11)12/h1-7,10H,8-9H2,(H,14,15). The van der Waals surface area contributed by atoms with Gasteiger partial charge in [0.2, 0.25) is 6.41 Å². The molecule has 0 fully saturated rings. The quantitative estimate of drug-likeness (QED) is 0.593. The van der Waals surface area contributed by atoms with Gasteiger partial charge in [0.25, 0.3) is 0 Å². The van der Waals surface area contributed by atoms with E-state index >= 15 is 0 Å². The van der Waals surface area contributed by atoms with Crippen LogP contribution in [-0.4, -0.2) is 13.0 Å². The molecule has 76 valence electrons. The van der Waals surface area contributed by atoms with Gasteiger partial charge < -0.3 is 5.32 Å². The fraction of sp³-hybridized carbons (Fsp3) is 0.154. The third-order valence-electron chi connectivity index (χ3n) is 2.50. The summed E-state index contributed by atoms with van der Waals surface area (Å²) in [5.41, 5.74) is 1.28. The van der Waals surface area contributed by atoms with E-state index in [0.717, 1.165) is 12.8 Å². The average Bonchev–Trinajstić information content (AvgIpc) is 2.30. The summed E-state index contributed by atoms with van der Waals surface area (Å²) < 4.78 is 0. The number of carbonyl (C=O) groups is 1. The van der Waals surface area contributed by atoms with Gasteiger partial charge >= 0.3 is 0 Å². The van der Waals surface area contributed by atoms with Crippen LogP contribution in [0.4, 0.5) is 0 Å². The molecule has 0 spiro atoms. The molecule has 0 saturated carbocycles. The second-order valence-electron chi connectivity index (χ2n) is 3.46. The normalized spacial score (nSPS) is 10.1. The molecule has 0 radical (unpaired) electrons. The predicted molar refractivity (Wildman–Crippen MR) is 61.7 cm³/mol. The number of amides is 1. The van der Waals surface area contributed by atoms with E-state index in [0.29, 0.717) is 6.54 Å². The van der Waals surface area contributed by atoms with E-state index in [1.54, 1.807) is 0 Å². The highest BCUT2D eigenvalue weighted by atomic mass is 16.1. The molecule has 1 amide bonds. The molecule has 1 N–H and O–H groups in total. The van der Waals surface area contributed by atoms with E-state index in [1.165, 1.54) is 16.3 Å². The van der Waals surface area contributed by atoms with Crippen molar-refractivity contribution in [1.82, 2.24) is 5.32 Å². The summed E-state index contributed by atoms with van der Waals surface area (Å²) >= 11 is 0. The number of benzene rings is 2. The zero-order valence-corrected chi connectivity index (χ0v) is 8.44. The lowest BCUT2D eigenvalue weighted by atomic mass is 10.0. The summed E-state index contributed by atoms with van der Waals surface area (Å²) in [5.74, 6) is 0. The molecule has 0 heterocycles. The minimum Gasteiger partial charge on any atom is -0.358 e. The number of hydrogen-bond acceptors (Lipinski definition) is 1. The highest BCUT2D eigenvalue weighted by molar-refractivity contribution is 5.85. The van der Waals surface area contributed by atoms with Crippen molar-refractivity contribution in [2.75, 3.05) is 6.54 Å². The van der Waals surface area contributed by atoms with Crippen molar-refractivity contribution in [1.29, 1.82) is 0 Å². The molecule has 0 aliphatic carbocycles. The molecule has 0 atom stereocenters. The molecule has 2 aromatic rings. The lowest BCUT2D eigenvalue weighted by Gasteiger charge is -2.05. The number of hydrogen-bond donors (Lipinski definition) is 1. The molecule has 0 unspecified atom stereocenters. The minimum absolute atomic E-state index is 0.692. The molecule has 2 nitrogen and oxygen atoms in total. The summed E-state index contributed by atoms with van der Waals surface area (Å²) in [7, 11) is 0. The van der Waals surface area contributed by atoms with Crippen molar-refractivity contribution >= 4 is 17.2 Å². The SMILES string of the molecule is O=CNCCc1cccc2ccccc12. The fourth-order valence-electron chi connectivity index (χ4n) is 1.78. The Morgan fingerprint density at radius 2 is 1.87 bits per heavy atom. The molecule has 2 rings (SSSR count). The first-order chi connectivity index (χ1) is 7.42. The lowest BCUT2D eigenvalue weighted by Crippen LogP contribution is -2.14. The van der Waals surface area contributed by atoms with E-state index in [-0.39, 0.29) is 0 Å². The second kappa shape index (κ2) is 4.60. The van der Waals surface area contributed by atoms with Crippen molar-refractivity contribution in [2.45, 2.75) is 6.42 Å². The van der Waals surface area contributed by atoms with Gasteiger partial charge in [-0.15, -0.1) is 0 Å². The maximum atomic E-state index is 10.1. The summed E-state index contributed by atoms with van der Waals surface area (Å²) in [5, 5.41) is 5.20. The van der Waals surface area contributed by atoms with Crippen molar-refractivity contribution in [2.24, 2.45) is 0 Å². The monoisotopic (exact) mass is 199 g/mol. The van der Waals surface area contributed by atoms with E-state index in [2.05, 4.69) is 35.6 Å². The third-order valence-corrected chi connectivity index (χ3v) is 2.50. The Bertz CT molecular complexity index is 460. The molecule has 0 aliphatic rings. The van der Waals surface area contributed by atoms with E-state index in [1.807, 2.05) is 12.1 Å². The number of nitrogens with one attached hydrogen (secondary N) is 1. The Balaban J connectivity index is 2.30. The molecule has 0 aromatic heterocycles. The minimum atomic E-state index is 0.692. The first-order valence-electron chi connectivity index (χ1n) is 5.05. The number of carbonyl (C=O) groups excluding carboxylic acids is 1. The smallest absolute Gasteiger partial charge is 0.207 e. The van der Waals surface area contributed by atoms with Crippen LogP contribution in [-0.2, 0) is 11.2 Å². The Morgan fingerprint density at radius 1 is 1.07 bits per heavy atom. The van der Waals surface area contributed by atoms with Gasteiger partial charge in [-0.1, -0.05) is 42.5 Å². The molecule has 2 aromatic carbocycles. The van der Waals surface area contributed by atoms with Crippen LogP contribution in [0.2, 0.25) is 0 Å². The zero-order chi connectivity index (χ0) is 10.5. The summed E-state index contributed by atoms with van der Waals surface area (Å²) in [6.07, 6.45) is 1.62. The van der Waals surface area contributed by atoms with Crippen LogP contribution in [0, 0.1) is 0 Å². The van der Waals surface area contributed by atoms with Crippen molar-refractivity contribution in [3.63, 3.8) is 0 Å². The fourth-order valence-corrected chi connectivity index (χ4v) is 1.78. The Hall–Kier alpha value is -1.83. The van der Waals surface area contributed by atoms with Crippen LogP contribution in [0.5, 0.6) is 0 Å². The van der Waals surface area contributed by atoms with Gasteiger partial charge in [-0.3, -0.25) is 4.79 Å². The van der Waals surface area contributed by atoms with Crippen molar-refractivity contribution < 1.29 is 4.79 Å². The molecule has 2 heteroatoms. The van der Waals surface area contributed by atoms with E-state index < -0.39 is 0 Å². The largest absolute Gasteiger partial charge is 0.358 e. The summed E-state index contributed by atoms with van der Waals surface area (Å²) in [4.78, 5) is 10.1.